The number of hydrogen-bond donors (Lipinski definition) is 2. The predicted octanol–water partition coefficient (Wildman–Crippen LogP) is 4.57. The first-order valence-corrected chi connectivity index (χ1v) is 12.2. The molecule has 0 aliphatic heterocycles. The average molecular weight is 477 g/mol. The van der Waals surface area contributed by atoms with Gasteiger partial charge >= 0.3 is 12.1 Å². The maximum absolute atomic E-state index is 13.1. The van der Waals surface area contributed by atoms with Gasteiger partial charge in [0.1, 0.15) is 13.2 Å². The molecule has 0 aromatic heterocycles. The molecule has 2 aliphatic carbocycles. The Morgan fingerprint density at radius 2 is 1.71 bits per heavy atom. The summed E-state index contributed by atoms with van der Waals surface area (Å²) in [5, 5.41) is 12.1. The van der Waals surface area contributed by atoms with Gasteiger partial charge in [-0.15, -0.1) is 0 Å². The van der Waals surface area contributed by atoms with Gasteiger partial charge in [-0.2, -0.15) is 0 Å². The number of carboxylic acid groups (broad SMARTS) is 1. The molecule has 1 unspecified atom stereocenters. The molecule has 2 amide bonds. The number of nitrogens with zero attached hydrogens (tertiary/aromatic N) is 1. The maximum Gasteiger partial charge on any atom is 0.407 e. The van der Waals surface area contributed by atoms with Gasteiger partial charge in [-0.3, -0.25) is 9.59 Å². The van der Waals surface area contributed by atoms with Crippen LogP contribution in [0.5, 0.6) is 0 Å². The average Bonchev–Trinajstić information content (AvgIpc) is 3.19. The zero-order valence-electron chi connectivity index (χ0n) is 20.1. The lowest BCUT2D eigenvalue weighted by atomic mass is 9.89. The molecule has 2 aromatic carbocycles. The summed E-state index contributed by atoms with van der Waals surface area (Å²) < 4.78 is 5.64. The van der Waals surface area contributed by atoms with Gasteiger partial charge < -0.3 is 20.1 Å². The van der Waals surface area contributed by atoms with Gasteiger partial charge in [0.05, 0.1) is 6.04 Å². The molecule has 0 spiro atoms. The molecular weight excluding hydrogens is 444 g/mol. The van der Waals surface area contributed by atoms with Crippen molar-refractivity contribution < 1.29 is 24.2 Å². The molecule has 4 rings (SSSR count). The molecule has 0 bridgehead atoms. The number of aliphatic carboxylic acids is 1. The van der Waals surface area contributed by atoms with Gasteiger partial charge in [0.15, 0.2) is 0 Å². The van der Waals surface area contributed by atoms with Crippen LogP contribution in [0.4, 0.5) is 4.79 Å². The Kier molecular flexibility index (Phi) is 7.54. The minimum atomic E-state index is -1.03. The lowest BCUT2D eigenvalue weighted by Gasteiger charge is -2.33. The van der Waals surface area contributed by atoms with E-state index < -0.39 is 12.1 Å². The van der Waals surface area contributed by atoms with Crippen LogP contribution >= 0.6 is 0 Å². The first-order chi connectivity index (χ1) is 16.9. The summed E-state index contributed by atoms with van der Waals surface area (Å²) in [4.78, 5) is 38.5. The van der Waals surface area contributed by atoms with Crippen molar-refractivity contribution in [3.05, 3.63) is 71.8 Å². The number of ether oxygens (including phenoxy) is 1. The Balaban J connectivity index is 1.36. The molecule has 0 heterocycles. The zero-order chi connectivity index (χ0) is 24.9. The number of nitrogens with one attached hydrogen (secondary N) is 1. The molecule has 35 heavy (non-hydrogen) atoms. The van der Waals surface area contributed by atoms with E-state index in [0.29, 0.717) is 19.3 Å². The highest BCUT2D eigenvalue weighted by molar-refractivity contribution is 5.84. The SMILES string of the molecule is CCC(C)N(CC(=O)O)C(=O)[C@@H]1CC=C[C@@H](NC(=O)OCC2c3ccccc3-c3ccccc32)C1. The van der Waals surface area contributed by atoms with Crippen LogP contribution in [0.15, 0.2) is 60.7 Å². The van der Waals surface area contributed by atoms with E-state index in [1.807, 2.05) is 50.3 Å². The van der Waals surface area contributed by atoms with Gasteiger partial charge in [0.2, 0.25) is 5.91 Å². The Morgan fingerprint density at radius 1 is 1.09 bits per heavy atom. The van der Waals surface area contributed by atoms with Crippen LogP contribution in [0.25, 0.3) is 11.1 Å². The van der Waals surface area contributed by atoms with Crippen molar-refractivity contribution >= 4 is 18.0 Å². The minimum Gasteiger partial charge on any atom is -0.480 e. The third-order valence-corrected chi connectivity index (χ3v) is 7.04. The first kappa shape index (κ1) is 24.5. The molecular formula is C28H32N2O5. The largest absolute Gasteiger partial charge is 0.480 e. The summed E-state index contributed by atoms with van der Waals surface area (Å²) in [5.74, 6) is -1.62. The van der Waals surface area contributed by atoms with Gasteiger partial charge in [0.25, 0.3) is 0 Å². The van der Waals surface area contributed by atoms with Crippen molar-refractivity contribution in [2.45, 2.75) is 51.1 Å². The Morgan fingerprint density at radius 3 is 2.31 bits per heavy atom. The van der Waals surface area contributed by atoms with Crippen LogP contribution < -0.4 is 5.32 Å². The fourth-order valence-electron chi connectivity index (χ4n) is 5.04. The van der Waals surface area contributed by atoms with Crippen LogP contribution in [-0.4, -0.2) is 53.2 Å². The van der Waals surface area contributed by atoms with E-state index in [1.165, 1.54) is 16.0 Å². The van der Waals surface area contributed by atoms with Crippen LogP contribution in [-0.2, 0) is 14.3 Å². The summed E-state index contributed by atoms with van der Waals surface area (Å²) in [6.07, 6.45) is 4.81. The van der Waals surface area contributed by atoms with Crippen LogP contribution in [0.1, 0.15) is 50.2 Å². The maximum atomic E-state index is 13.1. The molecule has 3 atom stereocenters. The Hall–Kier alpha value is -3.61. The van der Waals surface area contributed by atoms with Gasteiger partial charge in [-0.05, 0) is 48.4 Å². The van der Waals surface area contributed by atoms with Crippen LogP contribution in [0.2, 0.25) is 0 Å². The Labute approximate surface area is 205 Å². The van der Waals surface area contributed by atoms with E-state index in [1.54, 1.807) is 0 Å². The molecule has 2 aromatic rings. The number of benzene rings is 2. The minimum absolute atomic E-state index is 0.0236. The lowest BCUT2D eigenvalue weighted by molar-refractivity contribution is -0.148. The summed E-state index contributed by atoms with van der Waals surface area (Å²) in [7, 11) is 0. The second-order valence-corrected chi connectivity index (χ2v) is 9.29. The number of allylic oxidation sites excluding steroid dienone is 1. The number of carbonyl (C=O) groups is 3. The number of carboxylic acids is 1. The number of alkyl carbamates (subject to hydrolysis) is 1. The van der Waals surface area contributed by atoms with Gasteiger partial charge in [0, 0.05) is 17.9 Å². The molecule has 2 aliphatic rings. The normalized spacial score (nSPS) is 19.4. The van der Waals surface area contributed by atoms with Crippen LogP contribution in [0, 0.1) is 5.92 Å². The fraction of sp³-hybridized carbons (Fsp3) is 0.393. The quantitative estimate of drug-likeness (QED) is 0.544. The first-order valence-electron chi connectivity index (χ1n) is 12.2. The third kappa shape index (κ3) is 5.39. The number of rotatable bonds is 8. The van der Waals surface area contributed by atoms with Crippen molar-refractivity contribution in [3.63, 3.8) is 0 Å². The van der Waals surface area contributed by atoms with Crippen molar-refractivity contribution in [1.82, 2.24) is 10.2 Å². The van der Waals surface area contributed by atoms with E-state index >= 15 is 0 Å². The van der Waals surface area contributed by atoms with Crippen molar-refractivity contribution in [1.29, 1.82) is 0 Å². The molecule has 184 valence electrons. The van der Waals surface area contributed by atoms with Crippen LogP contribution in [0.3, 0.4) is 0 Å². The smallest absolute Gasteiger partial charge is 0.407 e. The number of hydrogen-bond acceptors (Lipinski definition) is 4. The molecule has 0 fully saturated rings. The van der Waals surface area contributed by atoms with E-state index in [2.05, 4.69) is 29.6 Å². The Bertz CT molecular complexity index is 1080. The third-order valence-electron chi connectivity index (χ3n) is 7.04. The molecule has 7 heteroatoms. The highest BCUT2D eigenvalue weighted by Gasteiger charge is 2.32. The highest BCUT2D eigenvalue weighted by atomic mass is 16.5. The number of amides is 2. The zero-order valence-corrected chi connectivity index (χ0v) is 20.1. The van der Waals surface area contributed by atoms with Crippen molar-refractivity contribution in [2.75, 3.05) is 13.2 Å². The number of fused-ring (bicyclic) bond motifs is 3. The fourth-order valence-corrected chi connectivity index (χ4v) is 5.04. The van der Waals surface area contributed by atoms with Crippen molar-refractivity contribution in [2.24, 2.45) is 5.92 Å². The van der Waals surface area contributed by atoms with Crippen molar-refractivity contribution in [3.8, 4) is 11.1 Å². The topological polar surface area (TPSA) is 95.9 Å². The monoisotopic (exact) mass is 476 g/mol. The second-order valence-electron chi connectivity index (χ2n) is 9.29. The van der Waals surface area contributed by atoms with Gasteiger partial charge in [-0.25, -0.2) is 4.79 Å². The molecule has 0 radical (unpaired) electrons. The summed E-state index contributed by atoms with van der Waals surface area (Å²) >= 11 is 0. The molecule has 0 saturated heterocycles. The number of carbonyl (C=O) groups excluding carboxylic acids is 2. The predicted molar refractivity (Wildman–Crippen MR) is 133 cm³/mol. The molecule has 7 nitrogen and oxygen atoms in total. The molecule has 2 N–H and O–H groups in total. The van der Waals surface area contributed by atoms with E-state index in [4.69, 9.17) is 4.74 Å². The highest BCUT2D eigenvalue weighted by Crippen LogP contribution is 2.44. The second kappa shape index (κ2) is 10.8. The standard InChI is InChI=1S/C28H32N2O5/c1-3-18(2)30(16-26(31)32)27(33)19-9-8-10-20(15-19)29-28(34)35-17-25-23-13-6-4-11-21(23)22-12-5-7-14-24(22)25/h4-8,10-14,18-20,25H,3,9,15-17H2,1-2H3,(H,29,34)(H,31,32)/t18?,19-,20-/m1/s1. The van der Waals surface area contributed by atoms with E-state index in [9.17, 15) is 19.5 Å². The van der Waals surface area contributed by atoms with E-state index in [0.717, 1.165) is 11.1 Å². The summed E-state index contributed by atoms with van der Waals surface area (Å²) in [6.45, 7) is 3.68. The van der Waals surface area contributed by atoms with E-state index in [-0.39, 0.29) is 43.0 Å². The van der Waals surface area contributed by atoms with Gasteiger partial charge in [-0.1, -0.05) is 67.6 Å². The summed E-state index contributed by atoms with van der Waals surface area (Å²) in [6, 6.07) is 15.8. The lowest BCUT2D eigenvalue weighted by Crippen LogP contribution is -2.47. The summed E-state index contributed by atoms with van der Waals surface area (Å²) in [5.41, 5.74) is 4.63. The molecule has 0 saturated carbocycles.